The van der Waals surface area contributed by atoms with Crippen LogP contribution in [0.25, 0.3) is 0 Å². The van der Waals surface area contributed by atoms with Crippen molar-refractivity contribution in [2.45, 2.75) is 6.42 Å². The second kappa shape index (κ2) is 4.93. The summed E-state index contributed by atoms with van der Waals surface area (Å²) in [6, 6.07) is 0. The minimum absolute atomic E-state index is 0.339. The van der Waals surface area contributed by atoms with Crippen molar-refractivity contribution in [1.29, 1.82) is 0 Å². The molecule has 0 atom stereocenters. The lowest BCUT2D eigenvalue weighted by Crippen LogP contribution is -2.03. The molecule has 56 valence electrons. The Morgan fingerprint density at radius 2 is 2.30 bits per heavy atom. The van der Waals surface area contributed by atoms with Crippen molar-refractivity contribution < 1.29 is 14.4 Å². The molecular formula is C5H6ClNO3. The molecule has 5 heteroatoms. The fourth-order valence-electron chi connectivity index (χ4n) is 0.294. The van der Waals surface area contributed by atoms with E-state index in [0.717, 1.165) is 6.21 Å². The Morgan fingerprint density at radius 3 is 2.70 bits per heavy atom. The highest BCUT2D eigenvalue weighted by atomic mass is 35.5. The Bertz CT molecular complexity index is 166. The van der Waals surface area contributed by atoms with E-state index in [0.29, 0.717) is 0 Å². The Labute approximate surface area is 62.8 Å². The van der Waals surface area contributed by atoms with Gasteiger partial charge in [0.05, 0.1) is 6.42 Å². The summed E-state index contributed by atoms with van der Waals surface area (Å²) in [4.78, 5) is 24.7. The van der Waals surface area contributed by atoms with Crippen LogP contribution in [0.15, 0.2) is 5.16 Å². The Hall–Kier alpha value is -0.900. The largest absolute Gasteiger partial charge is 0.399 e. The molecular weight excluding hydrogens is 158 g/mol. The maximum atomic E-state index is 10.5. The summed E-state index contributed by atoms with van der Waals surface area (Å²) in [5, 5.41) is 2.44. The summed E-state index contributed by atoms with van der Waals surface area (Å²) < 4.78 is 0. The highest BCUT2D eigenvalue weighted by Crippen LogP contribution is 1.87. The van der Waals surface area contributed by atoms with Gasteiger partial charge in [-0.25, -0.2) is 0 Å². The van der Waals surface area contributed by atoms with E-state index in [1.54, 1.807) is 0 Å². The molecule has 0 aromatic carbocycles. The normalized spacial score (nSPS) is 9.80. The molecule has 0 rings (SSSR count). The molecule has 10 heavy (non-hydrogen) atoms. The highest BCUT2D eigenvalue weighted by Gasteiger charge is 2.02. The lowest BCUT2D eigenvalue weighted by atomic mass is 10.3. The van der Waals surface area contributed by atoms with E-state index in [4.69, 9.17) is 11.6 Å². The Morgan fingerprint density at radius 1 is 1.70 bits per heavy atom. The first-order chi connectivity index (χ1) is 4.66. The third kappa shape index (κ3) is 5.24. The van der Waals surface area contributed by atoms with Crippen molar-refractivity contribution in [3.8, 4) is 0 Å². The predicted octanol–water partition coefficient (Wildman–Crippen LogP) is 0.343. The SMILES string of the molecule is CON=CC(=O)CC(=O)Cl. The van der Waals surface area contributed by atoms with E-state index >= 15 is 0 Å². The molecule has 0 aromatic rings. The average molecular weight is 164 g/mol. The minimum Gasteiger partial charge on any atom is -0.399 e. The smallest absolute Gasteiger partial charge is 0.229 e. The zero-order valence-corrected chi connectivity index (χ0v) is 6.09. The number of ketones is 1. The molecule has 0 aliphatic rings. The third-order valence-electron chi connectivity index (χ3n) is 0.615. The maximum absolute atomic E-state index is 10.5. The van der Waals surface area contributed by atoms with Crippen molar-refractivity contribution in [3.63, 3.8) is 0 Å². The molecule has 0 unspecified atom stereocenters. The first kappa shape index (κ1) is 9.10. The van der Waals surface area contributed by atoms with Gasteiger partial charge in [-0.1, -0.05) is 5.16 Å². The van der Waals surface area contributed by atoms with Crippen LogP contribution in [-0.2, 0) is 14.4 Å². The summed E-state index contributed by atoms with van der Waals surface area (Å²) in [6.07, 6.45) is 0.564. The zero-order chi connectivity index (χ0) is 7.98. The topological polar surface area (TPSA) is 55.7 Å². The highest BCUT2D eigenvalue weighted by molar-refractivity contribution is 6.66. The molecule has 0 saturated heterocycles. The van der Waals surface area contributed by atoms with Crippen LogP contribution >= 0.6 is 11.6 Å². The number of oxime groups is 1. The quantitative estimate of drug-likeness (QED) is 0.260. The fraction of sp³-hybridized carbons (Fsp3) is 0.400. The van der Waals surface area contributed by atoms with Gasteiger partial charge in [0.15, 0.2) is 5.78 Å². The molecule has 0 radical (unpaired) electrons. The molecule has 0 heterocycles. The Kier molecular flexibility index (Phi) is 4.49. The van der Waals surface area contributed by atoms with Crippen molar-refractivity contribution in [2.24, 2.45) is 5.16 Å². The second-order valence-corrected chi connectivity index (χ2v) is 1.84. The van der Waals surface area contributed by atoms with Gasteiger partial charge in [0, 0.05) is 0 Å². The summed E-state index contributed by atoms with van der Waals surface area (Å²) in [7, 11) is 1.30. The summed E-state index contributed by atoms with van der Waals surface area (Å²) in [5.41, 5.74) is 0. The molecule has 0 aliphatic heterocycles. The molecule has 4 nitrogen and oxygen atoms in total. The van der Waals surface area contributed by atoms with Gasteiger partial charge >= 0.3 is 0 Å². The summed E-state index contributed by atoms with van der Waals surface area (Å²) >= 11 is 4.89. The first-order valence-corrected chi connectivity index (χ1v) is 2.82. The number of halogens is 1. The van der Waals surface area contributed by atoms with E-state index in [-0.39, 0.29) is 6.42 Å². The lowest BCUT2D eigenvalue weighted by molar-refractivity contribution is -0.119. The van der Waals surface area contributed by atoms with Crippen LogP contribution in [0.1, 0.15) is 6.42 Å². The van der Waals surface area contributed by atoms with Crippen molar-refractivity contribution in [1.82, 2.24) is 0 Å². The number of rotatable bonds is 4. The summed E-state index contributed by atoms with van der Waals surface area (Å²) in [6.45, 7) is 0. The van der Waals surface area contributed by atoms with Gasteiger partial charge in [0.1, 0.15) is 13.3 Å². The fourth-order valence-corrected chi connectivity index (χ4v) is 0.426. The van der Waals surface area contributed by atoms with Crippen LogP contribution in [0.2, 0.25) is 0 Å². The molecule has 0 aromatic heterocycles. The molecule has 0 aliphatic carbocycles. The van der Waals surface area contributed by atoms with E-state index in [2.05, 4.69) is 9.99 Å². The van der Waals surface area contributed by atoms with E-state index in [1.807, 2.05) is 0 Å². The number of Topliss-reactive ketones (excluding diaryl/α,β-unsaturated/α-hetero) is 1. The molecule has 0 amide bonds. The van der Waals surface area contributed by atoms with Crippen molar-refractivity contribution in [3.05, 3.63) is 0 Å². The Balaban J connectivity index is 3.64. The average Bonchev–Trinajstić information content (AvgIpc) is 1.82. The number of nitrogens with zero attached hydrogens (tertiary/aromatic N) is 1. The third-order valence-corrected chi connectivity index (χ3v) is 0.749. The zero-order valence-electron chi connectivity index (χ0n) is 5.33. The van der Waals surface area contributed by atoms with E-state index < -0.39 is 11.0 Å². The molecule has 0 N–H and O–H groups in total. The number of carbonyl (C=O) groups is 2. The van der Waals surface area contributed by atoms with Crippen molar-refractivity contribution >= 4 is 28.8 Å². The van der Waals surface area contributed by atoms with Crippen LogP contribution in [0, 0.1) is 0 Å². The minimum atomic E-state index is -0.701. The molecule has 0 fully saturated rings. The van der Waals surface area contributed by atoms with Crippen LogP contribution in [0.5, 0.6) is 0 Å². The van der Waals surface area contributed by atoms with Crippen LogP contribution in [0.3, 0.4) is 0 Å². The van der Waals surface area contributed by atoms with Gasteiger partial charge in [-0.05, 0) is 11.6 Å². The number of hydrogen-bond acceptors (Lipinski definition) is 4. The first-order valence-electron chi connectivity index (χ1n) is 2.44. The van der Waals surface area contributed by atoms with Gasteiger partial charge < -0.3 is 4.84 Å². The van der Waals surface area contributed by atoms with Crippen LogP contribution in [0.4, 0.5) is 0 Å². The molecule has 0 bridgehead atoms. The number of carbonyl (C=O) groups excluding carboxylic acids is 2. The predicted molar refractivity (Wildman–Crippen MR) is 36.0 cm³/mol. The summed E-state index contributed by atoms with van der Waals surface area (Å²) in [5.74, 6) is -0.471. The van der Waals surface area contributed by atoms with Crippen LogP contribution in [-0.4, -0.2) is 24.4 Å². The van der Waals surface area contributed by atoms with Gasteiger partial charge in [-0.15, -0.1) is 0 Å². The molecule has 0 spiro atoms. The van der Waals surface area contributed by atoms with Gasteiger partial charge in [-0.2, -0.15) is 0 Å². The van der Waals surface area contributed by atoms with Crippen molar-refractivity contribution in [2.75, 3.05) is 7.11 Å². The van der Waals surface area contributed by atoms with Gasteiger partial charge in [0.25, 0.3) is 0 Å². The van der Waals surface area contributed by atoms with Gasteiger partial charge in [-0.3, -0.25) is 9.59 Å². The lowest BCUT2D eigenvalue weighted by Gasteiger charge is -1.85. The monoisotopic (exact) mass is 163 g/mol. The van der Waals surface area contributed by atoms with E-state index in [1.165, 1.54) is 7.11 Å². The number of hydrogen-bond donors (Lipinski definition) is 0. The van der Waals surface area contributed by atoms with Crippen LogP contribution < -0.4 is 0 Å². The second-order valence-electron chi connectivity index (χ2n) is 1.42. The van der Waals surface area contributed by atoms with Gasteiger partial charge in [0.2, 0.25) is 5.24 Å². The maximum Gasteiger partial charge on any atom is 0.229 e. The molecule has 0 saturated carbocycles. The van der Waals surface area contributed by atoms with E-state index in [9.17, 15) is 9.59 Å². The standard InChI is InChI=1S/C5H6ClNO3/c1-10-7-3-4(8)2-5(6)9/h3H,2H2,1H3.